The number of sulfonamides is 1. The van der Waals surface area contributed by atoms with E-state index in [1.165, 1.54) is 6.07 Å². The normalized spacial score (nSPS) is 11.0. The third kappa shape index (κ3) is 3.01. The van der Waals surface area contributed by atoms with Crippen molar-refractivity contribution < 1.29 is 17.2 Å². The van der Waals surface area contributed by atoms with Crippen molar-refractivity contribution in [1.29, 1.82) is 5.26 Å². The molecule has 0 aromatic heterocycles. The molecule has 0 aliphatic heterocycles. The van der Waals surface area contributed by atoms with Crippen LogP contribution in [0.2, 0.25) is 0 Å². The van der Waals surface area contributed by atoms with Crippen molar-refractivity contribution in [3.05, 3.63) is 59.2 Å². The van der Waals surface area contributed by atoms with Crippen LogP contribution in [0.3, 0.4) is 0 Å². The summed E-state index contributed by atoms with van der Waals surface area (Å²) in [5.41, 5.74) is 0.705. The molecule has 7 heteroatoms. The number of rotatable bonds is 3. The van der Waals surface area contributed by atoms with E-state index in [2.05, 4.69) is 4.72 Å². The van der Waals surface area contributed by atoms with Crippen LogP contribution in [0.15, 0.2) is 41.3 Å². The zero-order chi connectivity index (χ0) is 15.6. The Morgan fingerprint density at radius 2 is 1.90 bits per heavy atom. The third-order valence-corrected chi connectivity index (χ3v) is 4.19. The van der Waals surface area contributed by atoms with Crippen LogP contribution in [0, 0.1) is 29.9 Å². The molecule has 0 fully saturated rings. The Bertz CT molecular complexity index is 843. The number of aryl methyl sites for hydroxylation is 1. The highest BCUT2D eigenvalue weighted by Gasteiger charge is 2.21. The van der Waals surface area contributed by atoms with Gasteiger partial charge in [0.1, 0.15) is 22.6 Å². The smallest absolute Gasteiger partial charge is 0.264 e. The van der Waals surface area contributed by atoms with Crippen LogP contribution in [-0.4, -0.2) is 8.42 Å². The average Bonchev–Trinajstić information content (AvgIpc) is 2.41. The zero-order valence-corrected chi connectivity index (χ0v) is 11.7. The maximum atomic E-state index is 13.6. The summed E-state index contributed by atoms with van der Waals surface area (Å²) in [5.74, 6) is -1.95. The molecule has 0 bridgehead atoms. The lowest BCUT2D eigenvalue weighted by atomic mass is 10.1. The highest BCUT2D eigenvalue weighted by Crippen LogP contribution is 2.23. The number of anilines is 1. The van der Waals surface area contributed by atoms with Gasteiger partial charge in [-0.2, -0.15) is 5.26 Å². The molecule has 0 unspecified atom stereocenters. The van der Waals surface area contributed by atoms with E-state index in [0.717, 1.165) is 12.1 Å². The average molecular weight is 308 g/mol. The van der Waals surface area contributed by atoms with Gasteiger partial charge in [-0.05, 0) is 36.8 Å². The lowest BCUT2D eigenvalue weighted by molar-refractivity contribution is 0.555. The summed E-state index contributed by atoms with van der Waals surface area (Å²) in [6.07, 6.45) is 0. The van der Waals surface area contributed by atoms with Crippen LogP contribution >= 0.6 is 0 Å². The van der Waals surface area contributed by atoms with E-state index in [0.29, 0.717) is 11.6 Å². The maximum absolute atomic E-state index is 13.6. The fourth-order valence-electron chi connectivity index (χ4n) is 1.78. The third-order valence-electron chi connectivity index (χ3n) is 2.81. The van der Waals surface area contributed by atoms with Gasteiger partial charge in [-0.25, -0.2) is 17.2 Å². The summed E-state index contributed by atoms with van der Waals surface area (Å²) in [6.45, 7) is 1.64. The Morgan fingerprint density at radius 1 is 1.19 bits per heavy atom. The van der Waals surface area contributed by atoms with Crippen molar-refractivity contribution in [3.8, 4) is 6.07 Å². The monoisotopic (exact) mass is 308 g/mol. The predicted octanol–water partition coefficient (Wildman–Crippen LogP) is 2.95. The summed E-state index contributed by atoms with van der Waals surface area (Å²) < 4.78 is 53.1. The molecular weight excluding hydrogens is 298 g/mol. The Balaban J connectivity index is 2.51. The van der Waals surface area contributed by atoms with Gasteiger partial charge >= 0.3 is 0 Å². The predicted molar refractivity (Wildman–Crippen MR) is 73.1 cm³/mol. The molecule has 0 saturated carbocycles. The van der Waals surface area contributed by atoms with Crippen LogP contribution in [-0.2, 0) is 10.0 Å². The van der Waals surface area contributed by atoms with Crippen molar-refractivity contribution in [3.63, 3.8) is 0 Å². The Morgan fingerprint density at radius 3 is 2.57 bits per heavy atom. The first-order chi connectivity index (χ1) is 9.85. The van der Waals surface area contributed by atoms with Crippen molar-refractivity contribution in [1.82, 2.24) is 0 Å². The molecule has 0 aliphatic carbocycles. The number of hydrogen-bond donors (Lipinski definition) is 1. The van der Waals surface area contributed by atoms with E-state index in [-0.39, 0.29) is 11.3 Å². The second kappa shape index (κ2) is 5.50. The van der Waals surface area contributed by atoms with Gasteiger partial charge in [0.15, 0.2) is 0 Å². The number of nitrogens with zero attached hydrogens (tertiary/aromatic N) is 1. The fourth-order valence-corrected chi connectivity index (χ4v) is 2.95. The zero-order valence-electron chi connectivity index (χ0n) is 10.9. The first-order valence-corrected chi connectivity index (χ1v) is 7.31. The summed E-state index contributed by atoms with van der Waals surface area (Å²) in [6, 6.07) is 8.57. The summed E-state index contributed by atoms with van der Waals surface area (Å²) in [4.78, 5) is -0.812. The molecule has 2 aromatic rings. The Labute approximate surface area is 120 Å². The summed E-state index contributed by atoms with van der Waals surface area (Å²) in [7, 11) is -4.33. The topological polar surface area (TPSA) is 70.0 Å². The molecule has 0 radical (unpaired) electrons. The van der Waals surface area contributed by atoms with Crippen molar-refractivity contribution in [2.24, 2.45) is 0 Å². The highest BCUT2D eigenvalue weighted by molar-refractivity contribution is 7.92. The summed E-state index contributed by atoms with van der Waals surface area (Å²) in [5, 5.41) is 9.05. The van der Waals surface area contributed by atoms with Crippen LogP contribution < -0.4 is 4.72 Å². The minimum Gasteiger partial charge on any atom is -0.278 e. The minimum absolute atomic E-state index is 0.0150. The quantitative estimate of drug-likeness (QED) is 0.947. The van der Waals surface area contributed by atoms with Gasteiger partial charge in [-0.3, -0.25) is 4.72 Å². The van der Waals surface area contributed by atoms with Gasteiger partial charge in [-0.1, -0.05) is 12.1 Å². The van der Waals surface area contributed by atoms with E-state index in [1.54, 1.807) is 19.1 Å². The molecule has 108 valence electrons. The lowest BCUT2D eigenvalue weighted by Gasteiger charge is -2.11. The van der Waals surface area contributed by atoms with Crippen LogP contribution in [0.1, 0.15) is 11.1 Å². The van der Waals surface area contributed by atoms with E-state index >= 15 is 0 Å². The molecule has 0 aliphatic rings. The van der Waals surface area contributed by atoms with E-state index in [9.17, 15) is 17.2 Å². The molecule has 0 amide bonds. The molecule has 0 spiro atoms. The van der Waals surface area contributed by atoms with Gasteiger partial charge in [0, 0.05) is 0 Å². The number of benzene rings is 2. The Kier molecular flexibility index (Phi) is 3.91. The first-order valence-electron chi connectivity index (χ1n) is 5.83. The minimum atomic E-state index is -4.33. The highest BCUT2D eigenvalue weighted by atomic mass is 32.2. The molecule has 4 nitrogen and oxygen atoms in total. The molecule has 0 atom stereocenters. The van der Waals surface area contributed by atoms with Gasteiger partial charge < -0.3 is 0 Å². The molecule has 0 heterocycles. The largest absolute Gasteiger partial charge is 0.278 e. The van der Waals surface area contributed by atoms with Crippen LogP contribution in [0.25, 0.3) is 0 Å². The number of halogens is 2. The number of nitriles is 1. The van der Waals surface area contributed by atoms with Gasteiger partial charge in [0.05, 0.1) is 11.3 Å². The first kappa shape index (κ1) is 14.9. The van der Waals surface area contributed by atoms with Crippen molar-refractivity contribution in [2.75, 3.05) is 4.72 Å². The molecule has 2 aromatic carbocycles. The fraction of sp³-hybridized carbons (Fsp3) is 0.0714. The van der Waals surface area contributed by atoms with Crippen LogP contribution in [0.5, 0.6) is 0 Å². The van der Waals surface area contributed by atoms with E-state index in [1.807, 2.05) is 6.07 Å². The number of nitrogens with one attached hydrogen (secondary N) is 1. The Hall–Kier alpha value is -2.46. The van der Waals surface area contributed by atoms with Crippen molar-refractivity contribution >= 4 is 15.7 Å². The van der Waals surface area contributed by atoms with Crippen LogP contribution in [0.4, 0.5) is 14.5 Å². The molecular formula is C14H10F2N2O2S. The van der Waals surface area contributed by atoms with Gasteiger partial charge in [0.25, 0.3) is 10.0 Å². The molecule has 21 heavy (non-hydrogen) atoms. The second-order valence-corrected chi connectivity index (χ2v) is 5.94. The standard InChI is InChI=1S/C14H10F2N2O2S/c1-9-3-2-4-13(11(9)8-17)18-21(19,20)14-7-10(15)5-6-12(14)16/h2-7,18H,1H3. The van der Waals surface area contributed by atoms with E-state index in [4.69, 9.17) is 5.26 Å². The van der Waals surface area contributed by atoms with Crippen molar-refractivity contribution in [2.45, 2.75) is 11.8 Å². The molecule has 0 saturated heterocycles. The molecule has 1 N–H and O–H groups in total. The lowest BCUT2D eigenvalue weighted by Crippen LogP contribution is -2.16. The number of hydrogen-bond acceptors (Lipinski definition) is 3. The SMILES string of the molecule is Cc1cccc(NS(=O)(=O)c2cc(F)ccc2F)c1C#N. The maximum Gasteiger partial charge on any atom is 0.264 e. The second-order valence-electron chi connectivity index (χ2n) is 4.29. The summed E-state index contributed by atoms with van der Waals surface area (Å²) >= 11 is 0. The van der Waals surface area contributed by atoms with Gasteiger partial charge in [0.2, 0.25) is 0 Å². The van der Waals surface area contributed by atoms with Gasteiger partial charge in [-0.15, -0.1) is 0 Å². The molecule has 2 rings (SSSR count). The van der Waals surface area contributed by atoms with E-state index < -0.39 is 26.6 Å².